The van der Waals surface area contributed by atoms with E-state index in [-0.39, 0.29) is 0 Å². The highest BCUT2D eigenvalue weighted by Crippen LogP contribution is 2.32. The maximum Gasteiger partial charge on any atom is 0.343 e. The van der Waals surface area contributed by atoms with Gasteiger partial charge < -0.3 is 14.4 Å². The third kappa shape index (κ3) is 4.23. The summed E-state index contributed by atoms with van der Waals surface area (Å²) in [5.74, 6) is 1.88. The van der Waals surface area contributed by atoms with Gasteiger partial charge in [-0.05, 0) is 31.2 Å². The van der Waals surface area contributed by atoms with Crippen molar-refractivity contribution >= 4 is 11.8 Å². The minimum absolute atomic E-state index is 0.293. The molecule has 0 aliphatic heterocycles. The molecular weight excluding hydrogens is 342 g/mol. The summed E-state index contributed by atoms with van der Waals surface area (Å²) in [6.45, 7) is 2.06. The molecule has 0 aliphatic rings. The summed E-state index contributed by atoms with van der Waals surface area (Å²) >= 11 is 0. The van der Waals surface area contributed by atoms with Crippen LogP contribution in [0.1, 0.15) is 17.3 Å². The Labute approximate surface area is 158 Å². The first-order valence-electron chi connectivity index (χ1n) is 8.64. The van der Waals surface area contributed by atoms with Gasteiger partial charge in [0.15, 0.2) is 5.82 Å². The molecule has 0 atom stereocenters. The average molecular weight is 363 g/mol. The smallest absolute Gasteiger partial charge is 0.343 e. The van der Waals surface area contributed by atoms with Crippen molar-refractivity contribution in [3.8, 4) is 22.9 Å². The highest BCUT2D eigenvalue weighted by Gasteiger charge is 2.19. The number of nitrogens with zero attached hydrogens (tertiary/aromatic N) is 3. The molecule has 0 aliphatic carbocycles. The van der Waals surface area contributed by atoms with E-state index in [4.69, 9.17) is 9.47 Å². The van der Waals surface area contributed by atoms with Gasteiger partial charge in [0.05, 0.1) is 12.2 Å². The highest BCUT2D eigenvalue weighted by molar-refractivity contribution is 5.94. The van der Waals surface area contributed by atoms with Gasteiger partial charge >= 0.3 is 5.97 Å². The molecule has 0 saturated carbocycles. The van der Waals surface area contributed by atoms with Crippen LogP contribution in [0.4, 0.5) is 5.82 Å². The van der Waals surface area contributed by atoms with E-state index < -0.39 is 5.97 Å². The van der Waals surface area contributed by atoms with Crippen LogP contribution in [0.15, 0.2) is 60.8 Å². The molecule has 0 amide bonds. The quantitative estimate of drug-likeness (QED) is 0.612. The van der Waals surface area contributed by atoms with Gasteiger partial charge in [-0.15, -0.1) is 0 Å². The first-order chi connectivity index (χ1) is 13.1. The molecule has 3 aromatic rings. The predicted octanol–water partition coefficient (Wildman–Crippen LogP) is 4.18. The van der Waals surface area contributed by atoms with Crippen LogP contribution in [-0.4, -0.2) is 36.6 Å². The van der Waals surface area contributed by atoms with Gasteiger partial charge in [-0.2, -0.15) is 0 Å². The lowest BCUT2D eigenvalue weighted by atomic mass is 10.1. The van der Waals surface area contributed by atoms with Crippen LogP contribution in [0.3, 0.4) is 0 Å². The number of aromatic nitrogens is 2. The average Bonchev–Trinajstić information content (AvgIpc) is 2.69. The van der Waals surface area contributed by atoms with Crippen molar-refractivity contribution < 1.29 is 14.3 Å². The number of para-hydroxylation sites is 2. The molecule has 3 rings (SSSR count). The molecule has 6 nitrogen and oxygen atoms in total. The van der Waals surface area contributed by atoms with Gasteiger partial charge in [-0.25, -0.2) is 14.8 Å². The zero-order valence-electron chi connectivity index (χ0n) is 15.5. The number of hydrogen-bond donors (Lipinski definition) is 0. The lowest BCUT2D eigenvalue weighted by Gasteiger charge is -2.17. The maximum absolute atomic E-state index is 12.2. The Morgan fingerprint density at radius 1 is 1.04 bits per heavy atom. The van der Waals surface area contributed by atoms with E-state index in [0.717, 1.165) is 11.3 Å². The fraction of sp³-hybridized carbons (Fsp3) is 0.190. The van der Waals surface area contributed by atoms with E-state index >= 15 is 0 Å². The molecule has 0 N–H and O–H groups in total. The second-order valence-electron chi connectivity index (χ2n) is 5.96. The van der Waals surface area contributed by atoms with Gasteiger partial charge in [0.1, 0.15) is 22.9 Å². The molecule has 1 aromatic heterocycles. The fourth-order valence-electron chi connectivity index (χ4n) is 2.55. The van der Waals surface area contributed by atoms with Crippen molar-refractivity contribution in [2.75, 3.05) is 25.6 Å². The summed E-state index contributed by atoms with van der Waals surface area (Å²) in [6.07, 6.45) is 1.49. The minimum Gasteiger partial charge on any atom is -0.462 e. The summed E-state index contributed by atoms with van der Waals surface area (Å²) < 4.78 is 11.1. The molecule has 0 radical (unpaired) electrons. The molecule has 138 valence electrons. The van der Waals surface area contributed by atoms with Gasteiger partial charge in [-0.3, -0.25) is 0 Å². The number of anilines is 1. The number of ether oxygens (including phenoxy) is 2. The monoisotopic (exact) mass is 363 g/mol. The maximum atomic E-state index is 12.2. The highest BCUT2D eigenvalue weighted by atomic mass is 16.5. The standard InChI is InChI=1S/C21H21N3O3/c1-4-26-21(25)17-14-22-19(23-20(17)24(2)3)16-12-8-9-13-18(16)27-15-10-6-5-7-11-15/h5-14H,4H2,1-3H3. The van der Waals surface area contributed by atoms with E-state index in [2.05, 4.69) is 9.97 Å². The number of benzene rings is 2. The van der Waals surface area contributed by atoms with Gasteiger partial charge in [-0.1, -0.05) is 30.3 Å². The van der Waals surface area contributed by atoms with Crippen molar-refractivity contribution in [1.29, 1.82) is 0 Å². The topological polar surface area (TPSA) is 64.5 Å². The van der Waals surface area contributed by atoms with Gasteiger partial charge in [0.2, 0.25) is 0 Å². The zero-order valence-corrected chi connectivity index (χ0v) is 15.5. The lowest BCUT2D eigenvalue weighted by Crippen LogP contribution is -2.18. The minimum atomic E-state index is -0.443. The number of rotatable bonds is 6. The fourth-order valence-corrected chi connectivity index (χ4v) is 2.55. The Bertz CT molecular complexity index is 927. The molecule has 6 heteroatoms. The largest absolute Gasteiger partial charge is 0.462 e. The Morgan fingerprint density at radius 2 is 1.74 bits per heavy atom. The Balaban J connectivity index is 2.02. The lowest BCUT2D eigenvalue weighted by molar-refractivity contribution is 0.0526. The summed E-state index contributed by atoms with van der Waals surface area (Å²) in [7, 11) is 3.64. The van der Waals surface area contributed by atoms with Crippen LogP contribution in [-0.2, 0) is 4.74 Å². The number of esters is 1. The van der Waals surface area contributed by atoms with E-state index in [9.17, 15) is 4.79 Å². The zero-order chi connectivity index (χ0) is 19.2. The predicted molar refractivity (Wildman–Crippen MR) is 104 cm³/mol. The second-order valence-corrected chi connectivity index (χ2v) is 5.96. The van der Waals surface area contributed by atoms with Crippen LogP contribution in [0, 0.1) is 0 Å². The van der Waals surface area contributed by atoms with Crippen molar-refractivity contribution in [3.05, 3.63) is 66.4 Å². The Kier molecular flexibility index (Phi) is 5.66. The molecule has 0 fully saturated rings. The summed E-state index contributed by atoms with van der Waals surface area (Å²) in [4.78, 5) is 22.9. The Morgan fingerprint density at radius 3 is 2.44 bits per heavy atom. The molecule has 27 heavy (non-hydrogen) atoms. The van der Waals surface area contributed by atoms with Crippen LogP contribution in [0.25, 0.3) is 11.4 Å². The number of carbonyl (C=O) groups is 1. The van der Waals surface area contributed by atoms with E-state index in [0.29, 0.717) is 29.6 Å². The number of hydrogen-bond acceptors (Lipinski definition) is 6. The third-order valence-corrected chi connectivity index (χ3v) is 3.79. The molecule has 0 spiro atoms. The van der Waals surface area contributed by atoms with Crippen LogP contribution < -0.4 is 9.64 Å². The molecular formula is C21H21N3O3. The first kappa shape index (κ1) is 18.4. The van der Waals surface area contributed by atoms with Gasteiger partial charge in [0.25, 0.3) is 0 Å². The van der Waals surface area contributed by atoms with Crippen molar-refractivity contribution in [3.63, 3.8) is 0 Å². The molecule has 2 aromatic carbocycles. The number of carbonyl (C=O) groups excluding carboxylic acids is 1. The second kappa shape index (κ2) is 8.31. The van der Waals surface area contributed by atoms with Crippen molar-refractivity contribution in [2.24, 2.45) is 0 Å². The van der Waals surface area contributed by atoms with Gasteiger partial charge in [0, 0.05) is 20.3 Å². The SMILES string of the molecule is CCOC(=O)c1cnc(-c2ccccc2Oc2ccccc2)nc1N(C)C. The first-order valence-corrected chi connectivity index (χ1v) is 8.64. The summed E-state index contributed by atoms with van der Waals surface area (Å²) in [5.41, 5.74) is 1.06. The van der Waals surface area contributed by atoms with Crippen LogP contribution in [0.5, 0.6) is 11.5 Å². The van der Waals surface area contributed by atoms with E-state index in [1.165, 1.54) is 6.20 Å². The van der Waals surface area contributed by atoms with Crippen molar-refractivity contribution in [2.45, 2.75) is 6.92 Å². The van der Waals surface area contributed by atoms with E-state index in [1.807, 2.05) is 68.7 Å². The molecule has 0 unspecified atom stereocenters. The molecule has 1 heterocycles. The summed E-state index contributed by atoms with van der Waals surface area (Å²) in [6, 6.07) is 17.0. The molecule has 0 saturated heterocycles. The Hall–Kier alpha value is -3.41. The van der Waals surface area contributed by atoms with Crippen LogP contribution >= 0.6 is 0 Å². The third-order valence-electron chi connectivity index (χ3n) is 3.79. The van der Waals surface area contributed by atoms with Crippen molar-refractivity contribution in [1.82, 2.24) is 9.97 Å². The summed E-state index contributed by atoms with van der Waals surface area (Å²) in [5, 5.41) is 0. The normalized spacial score (nSPS) is 10.3. The van der Waals surface area contributed by atoms with Crippen LogP contribution in [0.2, 0.25) is 0 Å². The molecule has 0 bridgehead atoms. The van der Waals surface area contributed by atoms with E-state index in [1.54, 1.807) is 11.8 Å².